The summed E-state index contributed by atoms with van der Waals surface area (Å²) in [5.74, 6) is 0.847. The van der Waals surface area contributed by atoms with Crippen molar-refractivity contribution < 1.29 is 4.74 Å². The number of hydrogen-bond donors (Lipinski definition) is 0. The highest BCUT2D eigenvalue weighted by molar-refractivity contribution is 7.22. The smallest absolute Gasteiger partial charge is 0.186 e. The van der Waals surface area contributed by atoms with Gasteiger partial charge in [0.15, 0.2) is 10.3 Å². The summed E-state index contributed by atoms with van der Waals surface area (Å²) < 4.78 is 7.92. The minimum absolute atomic E-state index is 0.847. The maximum Gasteiger partial charge on any atom is 0.186 e. The Morgan fingerprint density at radius 1 is 0.929 bits per heavy atom. The quantitative estimate of drug-likeness (QED) is 0.483. The van der Waals surface area contributed by atoms with Crippen LogP contribution in [0.1, 0.15) is 12.5 Å². The average Bonchev–Trinajstić information content (AvgIpc) is 3.37. The lowest BCUT2D eigenvalue weighted by atomic mass is 10.2. The van der Waals surface area contributed by atoms with Gasteiger partial charge in [0.1, 0.15) is 11.3 Å². The van der Waals surface area contributed by atoms with E-state index < -0.39 is 0 Å². The maximum atomic E-state index is 5.46. The molecule has 0 spiro atoms. The summed E-state index contributed by atoms with van der Waals surface area (Å²) in [5, 5.41) is 2.21. The van der Waals surface area contributed by atoms with Gasteiger partial charge < -0.3 is 14.5 Å². The first-order chi connectivity index (χ1) is 13.7. The second-order valence-electron chi connectivity index (χ2n) is 6.93. The van der Waals surface area contributed by atoms with Gasteiger partial charge in [-0.1, -0.05) is 41.7 Å². The zero-order valence-corrected chi connectivity index (χ0v) is 17.6. The Hall–Kier alpha value is -2.38. The molecule has 7 heteroatoms. The molecule has 2 aromatic heterocycles. The van der Waals surface area contributed by atoms with E-state index in [1.165, 1.54) is 15.0 Å². The number of para-hydroxylation sites is 1. The van der Waals surface area contributed by atoms with Crippen LogP contribution in [0.3, 0.4) is 0 Å². The highest BCUT2D eigenvalue weighted by atomic mass is 32.1. The number of rotatable bonds is 4. The van der Waals surface area contributed by atoms with E-state index in [9.17, 15) is 0 Å². The Kier molecular flexibility index (Phi) is 4.56. The van der Waals surface area contributed by atoms with E-state index in [0.29, 0.717) is 0 Å². The first kappa shape index (κ1) is 17.7. The van der Waals surface area contributed by atoms with Crippen LogP contribution in [0.5, 0.6) is 5.75 Å². The van der Waals surface area contributed by atoms with E-state index in [1.807, 2.05) is 12.1 Å². The van der Waals surface area contributed by atoms with E-state index >= 15 is 0 Å². The van der Waals surface area contributed by atoms with Crippen LogP contribution < -0.4 is 14.5 Å². The molecular weight excluding hydrogens is 388 g/mol. The number of nitrogens with zero attached hydrogens (tertiary/aromatic N) is 4. The molecule has 0 amide bonds. The van der Waals surface area contributed by atoms with Gasteiger partial charge in [-0.25, -0.2) is 9.97 Å². The van der Waals surface area contributed by atoms with Crippen molar-refractivity contribution in [1.82, 2.24) is 9.97 Å². The van der Waals surface area contributed by atoms with E-state index in [4.69, 9.17) is 14.7 Å². The van der Waals surface area contributed by atoms with Crippen molar-refractivity contribution in [1.29, 1.82) is 0 Å². The molecule has 1 aliphatic rings. The van der Waals surface area contributed by atoms with Crippen LogP contribution in [0.2, 0.25) is 0 Å². The Labute approximate surface area is 172 Å². The SMILES string of the molecule is CCc1ccc2nc(N3CCN(c4nc5c(OC)cccc5s4)CC3)sc2c1. The monoisotopic (exact) mass is 410 g/mol. The molecular formula is C21H22N4OS2. The number of anilines is 2. The summed E-state index contributed by atoms with van der Waals surface area (Å²) in [4.78, 5) is 14.5. The predicted octanol–water partition coefficient (Wildman–Crippen LogP) is 4.80. The van der Waals surface area contributed by atoms with Crippen molar-refractivity contribution >= 4 is 53.4 Å². The lowest BCUT2D eigenvalue weighted by Gasteiger charge is -2.34. The molecule has 1 aliphatic heterocycles. The molecule has 0 bridgehead atoms. The lowest BCUT2D eigenvalue weighted by Crippen LogP contribution is -2.46. The Morgan fingerprint density at radius 2 is 1.64 bits per heavy atom. The fourth-order valence-corrected chi connectivity index (χ4v) is 5.73. The van der Waals surface area contributed by atoms with Crippen LogP contribution in [-0.4, -0.2) is 43.3 Å². The minimum Gasteiger partial charge on any atom is -0.494 e. The fourth-order valence-electron chi connectivity index (χ4n) is 3.61. The zero-order chi connectivity index (χ0) is 19.1. The van der Waals surface area contributed by atoms with Gasteiger partial charge in [0.25, 0.3) is 0 Å². The molecule has 1 saturated heterocycles. The van der Waals surface area contributed by atoms with Crippen LogP contribution in [0, 0.1) is 0 Å². The largest absolute Gasteiger partial charge is 0.494 e. The van der Waals surface area contributed by atoms with Crippen molar-refractivity contribution in [2.24, 2.45) is 0 Å². The van der Waals surface area contributed by atoms with Crippen LogP contribution >= 0.6 is 22.7 Å². The molecule has 28 heavy (non-hydrogen) atoms. The number of thiazole rings is 2. The average molecular weight is 411 g/mol. The summed E-state index contributed by atoms with van der Waals surface area (Å²) in [6.45, 7) is 6.04. The van der Waals surface area contributed by atoms with Crippen LogP contribution in [0.25, 0.3) is 20.4 Å². The third-order valence-corrected chi connectivity index (χ3v) is 7.42. The molecule has 0 unspecified atom stereocenters. The maximum absolute atomic E-state index is 5.46. The zero-order valence-electron chi connectivity index (χ0n) is 16.0. The first-order valence-corrected chi connectivity index (χ1v) is 11.2. The van der Waals surface area contributed by atoms with Crippen LogP contribution in [0.4, 0.5) is 10.3 Å². The third kappa shape index (κ3) is 3.08. The lowest BCUT2D eigenvalue weighted by molar-refractivity contribution is 0.419. The highest BCUT2D eigenvalue weighted by Crippen LogP contribution is 2.35. The second kappa shape index (κ2) is 7.22. The highest BCUT2D eigenvalue weighted by Gasteiger charge is 2.22. The van der Waals surface area contributed by atoms with Crippen molar-refractivity contribution in [3.8, 4) is 5.75 Å². The van der Waals surface area contributed by atoms with Crippen molar-refractivity contribution in [2.75, 3.05) is 43.1 Å². The first-order valence-electron chi connectivity index (χ1n) is 9.58. The number of hydrogen-bond acceptors (Lipinski definition) is 7. The van der Waals surface area contributed by atoms with Gasteiger partial charge in [-0.15, -0.1) is 0 Å². The van der Waals surface area contributed by atoms with Gasteiger partial charge in [0, 0.05) is 26.2 Å². The molecule has 5 rings (SSSR count). The summed E-state index contributed by atoms with van der Waals surface area (Å²) >= 11 is 3.55. The molecule has 144 valence electrons. The molecule has 0 radical (unpaired) electrons. The van der Waals surface area contributed by atoms with Gasteiger partial charge in [0.05, 0.1) is 22.0 Å². The number of aryl methyl sites for hydroxylation is 1. The minimum atomic E-state index is 0.847. The predicted molar refractivity (Wildman–Crippen MR) is 120 cm³/mol. The number of piperazine rings is 1. The molecule has 0 aliphatic carbocycles. The normalized spacial score (nSPS) is 14.9. The standard InChI is InChI=1S/C21H22N4OS2/c1-3-14-7-8-15-18(13-14)28-20(22-15)24-9-11-25(12-10-24)21-23-19-16(26-2)5-4-6-17(19)27-21/h4-8,13H,3,9-12H2,1-2H3. The molecule has 3 heterocycles. The number of aromatic nitrogens is 2. The second-order valence-corrected chi connectivity index (χ2v) is 8.95. The van der Waals surface area contributed by atoms with Gasteiger partial charge in [0.2, 0.25) is 0 Å². The van der Waals surface area contributed by atoms with Crippen molar-refractivity contribution in [3.63, 3.8) is 0 Å². The van der Waals surface area contributed by atoms with E-state index in [-0.39, 0.29) is 0 Å². The molecule has 4 aromatic rings. The summed E-state index contributed by atoms with van der Waals surface area (Å²) in [5.41, 5.74) is 3.45. The molecule has 0 saturated carbocycles. The van der Waals surface area contributed by atoms with Gasteiger partial charge >= 0.3 is 0 Å². The molecule has 5 nitrogen and oxygen atoms in total. The Morgan fingerprint density at radius 3 is 2.36 bits per heavy atom. The number of ether oxygens (including phenoxy) is 1. The number of benzene rings is 2. The van der Waals surface area contributed by atoms with Crippen LogP contribution in [0.15, 0.2) is 36.4 Å². The van der Waals surface area contributed by atoms with E-state index in [0.717, 1.165) is 59.6 Å². The molecule has 2 aromatic carbocycles. The van der Waals surface area contributed by atoms with Crippen LogP contribution in [-0.2, 0) is 6.42 Å². The number of fused-ring (bicyclic) bond motifs is 2. The molecule has 0 N–H and O–H groups in total. The van der Waals surface area contributed by atoms with Gasteiger partial charge in [-0.2, -0.15) is 0 Å². The van der Waals surface area contributed by atoms with Gasteiger partial charge in [-0.05, 0) is 36.2 Å². The van der Waals surface area contributed by atoms with Gasteiger partial charge in [-0.3, -0.25) is 0 Å². The van der Waals surface area contributed by atoms with Crippen molar-refractivity contribution in [3.05, 3.63) is 42.0 Å². The fraction of sp³-hybridized carbons (Fsp3) is 0.333. The Balaban J connectivity index is 1.33. The summed E-state index contributed by atoms with van der Waals surface area (Å²) in [7, 11) is 1.70. The Bertz CT molecular complexity index is 1130. The third-order valence-electron chi connectivity index (χ3n) is 5.26. The molecule has 0 atom stereocenters. The summed E-state index contributed by atoms with van der Waals surface area (Å²) in [6.07, 6.45) is 1.06. The molecule has 1 fully saturated rings. The topological polar surface area (TPSA) is 41.5 Å². The van der Waals surface area contributed by atoms with Crippen molar-refractivity contribution in [2.45, 2.75) is 13.3 Å². The number of methoxy groups -OCH3 is 1. The van der Waals surface area contributed by atoms with E-state index in [1.54, 1.807) is 29.8 Å². The summed E-state index contributed by atoms with van der Waals surface area (Å²) in [6, 6.07) is 12.7. The van der Waals surface area contributed by atoms with E-state index in [2.05, 4.69) is 41.0 Å².